The summed E-state index contributed by atoms with van der Waals surface area (Å²) in [5, 5.41) is 12.6. The van der Waals surface area contributed by atoms with Gasteiger partial charge < -0.3 is 9.63 Å². The fourth-order valence-corrected chi connectivity index (χ4v) is 1.43. The second-order valence-corrected chi connectivity index (χ2v) is 3.68. The Hall–Kier alpha value is -1.89. The van der Waals surface area contributed by atoms with E-state index in [-0.39, 0.29) is 17.3 Å². The lowest BCUT2D eigenvalue weighted by molar-refractivity contribution is -0.137. The molecule has 0 bridgehead atoms. The van der Waals surface area contributed by atoms with E-state index in [0.29, 0.717) is 0 Å². The van der Waals surface area contributed by atoms with Crippen molar-refractivity contribution in [1.82, 2.24) is 10.1 Å². The molecule has 18 heavy (non-hydrogen) atoms. The van der Waals surface area contributed by atoms with Crippen LogP contribution < -0.4 is 0 Å². The van der Waals surface area contributed by atoms with E-state index < -0.39 is 17.8 Å². The van der Waals surface area contributed by atoms with Gasteiger partial charge in [0.05, 0.1) is 11.1 Å². The summed E-state index contributed by atoms with van der Waals surface area (Å²) < 4.78 is 43.0. The number of nitrogens with zero attached hydrogens (tertiary/aromatic N) is 2. The molecule has 2 rings (SSSR count). The highest BCUT2D eigenvalue weighted by Crippen LogP contribution is 2.36. The number of halogens is 3. The molecule has 4 nitrogen and oxygen atoms in total. The van der Waals surface area contributed by atoms with Gasteiger partial charge in [0.25, 0.3) is 5.89 Å². The van der Waals surface area contributed by atoms with Gasteiger partial charge in [-0.15, -0.1) is 0 Å². The van der Waals surface area contributed by atoms with E-state index in [4.69, 9.17) is 4.52 Å². The smallest absolute Gasteiger partial charge is 0.385 e. The summed E-state index contributed by atoms with van der Waals surface area (Å²) in [5.74, 6) is -0.319. The van der Waals surface area contributed by atoms with E-state index in [1.165, 1.54) is 25.1 Å². The number of aromatic nitrogens is 2. The molecule has 7 heteroatoms. The average Bonchev–Trinajstić information content (AvgIpc) is 2.77. The van der Waals surface area contributed by atoms with Gasteiger partial charge in [0.2, 0.25) is 0 Å². The van der Waals surface area contributed by atoms with Crippen LogP contribution in [0.4, 0.5) is 13.2 Å². The maximum absolute atomic E-state index is 12.8. The largest absolute Gasteiger partial charge is 0.417 e. The minimum Gasteiger partial charge on any atom is -0.385 e. The van der Waals surface area contributed by atoms with E-state index in [0.717, 1.165) is 6.07 Å². The molecule has 1 N–H and O–H groups in total. The second kappa shape index (κ2) is 4.41. The molecule has 2 aromatic rings. The summed E-state index contributed by atoms with van der Waals surface area (Å²) in [6, 6.07) is 4.89. The van der Waals surface area contributed by atoms with Crippen LogP contribution in [0.15, 0.2) is 28.8 Å². The lowest BCUT2D eigenvalue weighted by Crippen LogP contribution is -2.07. The zero-order valence-electron chi connectivity index (χ0n) is 9.27. The predicted octanol–water partition coefficient (Wildman–Crippen LogP) is 2.81. The molecule has 0 spiro atoms. The molecule has 1 heterocycles. The third-order valence-corrected chi connectivity index (χ3v) is 2.28. The molecule has 0 aliphatic rings. The summed E-state index contributed by atoms with van der Waals surface area (Å²) in [7, 11) is 0. The number of alkyl halides is 3. The summed E-state index contributed by atoms with van der Waals surface area (Å²) in [5.41, 5.74) is -1.06. The first kappa shape index (κ1) is 12.6. The highest BCUT2D eigenvalue weighted by Gasteiger charge is 2.34. The standard InChI is InChI=1S/C11H9F3N2O2/c1-6(17)9-15-10(18-16-9)7-4-2-3-5-8(7)11(12,13)14/h2-6,17H,1H3. The number of benzene rings is 1. The summed E-state index contributed by atoms with van der Waals surface area (Å²) in [6.45, 7) is 1.39. The van der Waals surface area contributed by atoms with Crippen LogP contribution in [0.5, 0.6) is 0 Å². The van der Waals surface area contributed by atoms with Crippen LogP contribution in [-0.4, -0.2) is 15.2 Å². The van der Waals surface area contributed by atoms with Crippen molar-refractivity contribution in [3.05, 3.63) is 35.7 Å². The number of hydrogen-bond acceptors (Lipinski definition) is 4. The highest BCUT2D eigenvalue weighted by molar-refractivity contribution is 5.59. The Bertz CT molecular complexity index is 549. The Kier molecular flexibility index (Phi) is 3.08. The van der Waals surface area contributed by atoms with Gasteiger partial charge in [-0.1, -0.05) is 17.3 Å². The van der Waals surface area contributed by atoms with E-state index in [1.807, 2.05) is 0 Å². The zero-order chi connectivity index (χ0) is 13.3. The number of aliphatic hydroxyl groups excluding tert-OH is 1. The van der Waals surface area contributed by atoms with Crippen molar-refractivity contribution in [3.8, 4) is 11.5 Å². The van der Waals surface area contributed by atoms with Crippen LogP contribution in [0.1, 0.15) is 24.4 Å². The quantitative estimate of drug-likeness (QED) is 0.899. The molecule has 0 amide bonds. The Balaban J connectivity index is 2.50. The van der Waals surface area contributed by atoms with Gasteiger partial charge in [0, 0.05) is 0 Å². The van der Waals surface area contributed by atoms with Gasteiger partial charge in [0.15, 0.2) is 5.82 Å². The molecule has 96 valence electrons. The van der Waals surface area contributed by atoms with Crippen LogP contribution in [0.25, 0.3) is 11.5 Å². The third kappa shape index (κ3) is 2.35. The van der Waals surface area contributed by atoms with Crippen molar-refractivity contribution in [3.63, 3.8) is 0 Å². The lowest BCUT2D eigenvalue weighted by Gasteiger charge is -2.09. The molecule has 1 unspecified atom stereocenters. The fraction of sp³-hybridized carbons (Fsp3) is 0.273. The molecule has 0 fully saturated rings. The molecular formula is C11H9F3N2O2. The first-order valence-electron chi connectivity index (χ1n) is 5.08. The van der Waals surface area contributed by atoms with E-state index in [2.05, 4.69) is 10.1 Å². The van der Waals surface area contributed by atoms with Crippen molar-refractivity contribution in [1.29, 1.82) is 0 Å². The molecule has 0 saturated carbocycles. The fourth-order valence-electron chi connectivity index (χ4n) is 1.43. The second-order valence-electron chi connectivity index (χ2n) is 3.68. The van der Waals surface area contributed by atoms with Crippen molar-refractivity contribution in [2.75, 3.05) is 0 Å². The average molecular weight is 258 g/mol. The molecule has 1 aromatic carbocycles. The number of aliphatic hydroxyl groups is 1. The minimum absolute atomic E-state index is 0.0537. The van der Waals surface area contributed by atoms with Crippen LogP contribution in [-0.2, 0) is 6.18 Å². The number of hydrogen-bond donors (Lipinski definition) is 1. The highest BCUT2D eigenvalue weighted by atomic mass is 19.4. The van der Waals surface area contributed by atoms with Gasteiger partial charge in [0.1, 0.15) is 6.10 Å². The Morgan fingerprint density at radius 3 is 2.50 bits per heavy atom. The van der Waals surface area contributed by atoms with E-state index in [1.54, 1.807) is 0 Å². The van der Waals surface area contributed by atoms with Gasteiger partial charge in [-0.2, -0.15) is 18.2 Å². The zero-order valence-corrected chi connectivity index (χ0v) is 9.27. The Morgan fingerprint density at radius 1 is 1.28 bits per heavy atom. The SMILES string of the molecule is CC(O)c1noc(-c2ccccc2C(F)(F)F)n1. The summed E-state index contributed by atoms with van der Waals surface area (Å²) in [4.78, 5) is 3.73. The maximum atomic E-state index is 12.8. The Morgan fingerprint density at radius 2 is 1.94 bits per heavy atom. The van der Waals surface area contributed by atoms with Crippen molar-refractivity contribution < 1.29 is 22.8 Å². The monoisotopic (exact) mass is 258 g/mol. The summed E-state index contributed by atoms with van der Waals surface area (Å²) >= 11 is 0. The lowest BCUT2D eigenvalue weighted by atomic mass is 10.1. The van der Waals surface area contributed by atoms with Gasteiger partial charge in [-0.25, -0.2) is 0 Å². The van der Waals surface area contributed by atoms with E-state index >= 15 is 0 Å². The predicted molar refractivity (Wildman–Crippen MR) is 55.4 cm³/mol. The number of rotatable bonds is 2. The first-order valence-corrected chi connectivity index (χ1v) is 5.08. The van der Waals surface area contributed by atoms with Crippen molar-refractivity contribution >= 4 is 0 Å². The van der Waals surface area contributed by atoms with Gasteiger partial charge in [-0.05, 0) is 19.1 Å². The van der Waals surface area contributed by atoms with Gasteiger partial charge >= 0.3 is 6.18 Å². The Labute approximate surface area is 100 Å². The summed E-state index contributed by atoms with van der Waals surface area (Å²) in [6.07, 6.45) is -5.50. The maximum Gasteiger partial charge on any atom is 0.417 e. The molecular weight excluding hydrogens is 249 g/mol. The molecule has 0 radical (unpaired) electrons. The van der Waals surface area contributed by atoms with Crippen molar-refractivity contribution in [2.45, 2.75) is 19.2 Å². The third-order valence-electron chi connectivity index (χ3n) is 2.28. The normalized spacial score (nSPS) is 13.6. The van der Waals surface area contributed by atoms with Crippen LogP contribution in [0.3, 0.4) is 0 Å². The van der Waals surface area contributed by atoms with E-state index in [9.17, 15) is 18.3 Å². The molecule has 1 atom stereocenters. The minimum atomic E-state index is -4.50. The topological polar surface area (TPSA) is 59.2 Å². The molecule has 0 aliphatic heterocycles. The van der Waals surface area contributed by atoms with Crippen LogP contribution >= 0.6 is 0 Å². The molecule has 0 saturated heterocycles. The van der Waals surface area contributed by atoms with Crippen LogP contribution in [0, 0.1) is 0 Å². The van der Waals surface area contributed by atoms with Crippen molar-refractivity contribution in [2.24, 2.45) is 0 Å². The first-order chi connectivity index (χ1) is 8.39. The molecule has 1 aromatic heterocycles. The molecule has 0 aliphatic carbocycles. The van der Waals surface area contributed by atoms with Gasteiger partial charge in [-0.3, -0.25) is 0 Å². The van der Waals surface area contributed by atoms with Crippen LogP contribution in [0.2, 0.25) is 0 Å².